The molecule has 0 aliphatic rings. The van der Waals surface area contributed by atoms with E-state index in [2.05, 4.69) is 18.8 Å². The molecule has 0 aliphatic heterocycles. The van der Waals surface area contributed by atoms with Crippen LogP contribution in [0.3, 0.4) is 0 Å². The highest BCUT2D eigenvalue weighted by Crippen LogP contribution is 2.15. The Morgan fingerprint density at radius 2 is 2.22 bits per heavy atom. The van der Waals surface area contributed by atoms with E-state index in [0.717, 1.165) is 6.42 Å². The van der Waals surface area contributed by atoms with E-state index in [9.17, 15) is 0 Å². The molecule has 100 valence electrons. The zero-order valence-corrected chi connectivity index (χ0v) is 12.0. The zero-order valence-electron chi connectivity index (χ0n) is 11.2. The summed E-state index contributed by atoms with van der Waals surface area (Å²) in [6, 6.07) is 5.50. The molecule has 0 fully saturated rings. The van der Waals surface area contributed by atoms with E-state index in [1.807, 2.05) is 12.1 Å². The number of pyridine rings is 1. The maximum Gasteiger partial charge on any atom is 0.213 e. The van der Waals surface area contributed by atoms with Gasteiger partial charge < -0.3 is 10.5 Å². The lowest BCUT2D eigenvalue weighted by Crippen LogP contribution is -2.14. The van der Waals surface area contributed by atoms with Gasteiger partial charge >= 0.3 is 0 Å². The molecule has 0 aliphatic carbocycles. The standard InChI is InChI=1S/C14H22N2OS/c1-3-5-7-11(4-2)10-17-13-9-6-8-12(16-13)14(15)18/h6,8-9,11H,3-5,7,10H2,1-2H3,(H2,15,18). The van der Waals surface area contributed by atoms with Crippen molar-refractivity contribution in [1.82, 2.24) is 4.98 Å². The van der Waals surface area contributed by atoms with Crippen molar-refractivity contribution in [2.45, 2.75) is 39.5 Å². The van der Waals surface area contributed by atoms with Gasteiger partial charge in [0.05, 0.1) is 6.61 Å². The number of thiocarbonyl (C=S) groups is 1. The van der Waals surface area contributed by atoms with E-state index in [1.54, 1.807) is 6.07 Å². The van der Waals surface area contributed by atoms with Crippen molar-refractivity contribution in [3.63, 3.8) is 0 Å². The van der Waals surface area contributed by atoms with Crippen LogP contribution in [0.5, 0.6) is 5.88 Å². The Morgan fingerprint density at radius 3 is 2.83 bits per heavy atom. The molecule has 18 heavy (non-hydrogen) atoms. The average molecular weight is 266 g/mol. The monoisotopic (exact) mass is 266 g/mol. The quantitative estimate of drug-likeness (QED) is 0.733. The Kier molecular flexibility index (Phi) is 6.65. The van der Waals surface area contributed by atoms with Gasteiger partial charge in [-0.2, -0.15) is 0 Å². The van der Waals surface area contributed by atoms with Crippen LogP contribution in [0.2, 0.25) is 0 Å². The number of hydrogen-bond donors (Lipinski definition) is 1. The van der Waals surface area contributed by atoms with Gasteiger partial charge in [-0.05, 0) is 18.4 Å². The van der Waals surface area contributed by atoms with Crippen LogP contribution in [0.1, 0.15) is 45.2 Å². The summed E-state index contributed by atoms with van der Waals surface area (Å²) in [4.78, 5) is 4.57. The number of hydrogen-bond acceptors (Lipinski definition) is 3. The van der Waals surface area contributed by atoms with Crippen LogP contribution in [-0.4, -0.2) is 16.6 Å². The molecular weight excluding hydrogens is 244 g/mol. The predicted molar refractivity (Wildman–Crippen MR) is 78.9 cm³/mol. The van der Waals surface area contributed by atoms with Gasteiger partial charge in [-0.3, -0.25) is 0 Å². The normalized spacial score (nSPS) is 12.1. The van der Waals surface area contributed by atoms with E-state index >= 15 is 0 Å². The summed E-state index contributed by atoms with van der Waals surface area (Å²) in [5.41, 5.74) is 6.16. The molecule has 1 heterocycles. The third kappa shape index (κ3) is 5.00. The SMILES string of the molecule is CCCCC(CC)COc1cccc(C(N)=S)n1. The molecule has 4 heteroatoms. The molecular formula is C14H22N2OS. The van der Waals surface area contributed by atoms with Crippen LogP contribution in [-0.2, 0) is 0 Å². The first kappa shape index (κ1) is 14.9. The number of unbranched alkanes of at least 4 members (excludes halogenated alkanes) is 1. The molecule has 0 bridgehead atoms. The fourth-order valence-corrected chi connectivity index (χ4v) is 1.85. The van der Waals surface area contributed by atoms with E-state index in [0.29, 0.717) is 29.1 Å². The van der Waals surface area contributed by atoms with Crippen molar-refractivity contribution in [1.29, 1.82) is 0 Å². The second-order valence-corrected chi connectivity index (χ2v) is 4.89. The summed E-state index contributed by atoms with van der Waals surface area (Å²) in [6.07, 6.45) is 4.82. The fourth-order valence-electron chi connectivity index (χ4n) is 1.73. The Balaban J connectivity index is 2.51. The lowest BCUT2D eigenvalue weighted by molar-refractivity contribution is 0.226. The molecule has 1 rings (SSSR count). The number of nitrogens with zero attached hydrogens (tertiary/aromatic N) is 1. The number of aromatic nitrogens is 1. The highest BCUT2D eigenvalue weighted by molar-refractivity contribution is 7.80. The third-order valence-electron chi connectivity index (χ3n) is 2.99. The van der Waals surface area contributed by atoms with Gasteiger partial charge in [0.15, 0.2) is 0 Å². The first-order valence-electron chi connectivity index (χ1n) is 6.57. The first-order chi connectivity index (χ1) is 8.67. The van der Waals surface area contributed by atoms with Gasteiger partial charge in [-0.15, -0.1) is 0 Å². The van der Waals surface area contributed by atoms with Crippen LogP contribution in [0, 0.1) is 5.92 Å². The molecule has 0 saturated carbocycles. The molecule has 0 radical (unpaired) electrons. The second-order valence-electron chi connectivity index (χ2n) is 4.45. The van der Waals surface area contributed by atoms with Crippen molar-refractivity contribution in [3.8, 4) is 5.88 Å². The van der Waals surface area contributed by atoms with Gasteiger partial charge in [0, 0.05) is 6.07 Å². The zero-order chi connectivity index (χ0) is 13.4. The van der Waals surface area contributed by atoms with Crippen LogP contribution >= 0.6 is 12.2 Å². The van der Waals surface area contributed by atoms with Crippen LogP contribution in [0.4, 0.5) is 0 Å². The molecule has 1 aromatic heterocycles. The second kappa shape index (κ2) is 8.03. The van der Waals surface area contributed by atoms with Crippen molar-refractivity contribution in [3.05, 3.63) is 23.9 Å². The molecule has 1 atom stereocenters. The minimum atomic E-state index is 0.304. The van der Waals surface area contributed by atoms with Gasteiger partial charge in [0.1, 0.15) is 10.7 Å². The predicted octanol–water partition coefficient (Wildman–Crippen LogP) is 3.31. The Labute approximate surface area is 115 Å². The van der Waals surface area contributed by atoms with Crippen LogP contribution in [0.25, 0.3) is 0 Å². The highest BCUT2D eigenvalue weighted by Gasteiger charge is 2.08. The summed E-state index contributed by atoms with van der Waals surface area (Å²) in [5, 5.41) is 0. The smallest absolute Gasteiger partial charge is 0.213 e. The summed E-state index contributed by atoms with van der Waals surface area (Å²) in [7, 11) is 0. The Morgan fingerprint density at radius 1 is 1.44 bits per heavy atom. The molecule has 1 unspecified atom stereocenters. The summed E-state index contributed by atoms with van der Waals surface area (Å²) in [6.45, 7) is 5.12. The number of nitrogens with two attached hydrogens (primary N) is 1. The van der Waals surface area contributed by atoms with E-state index in [1.165, 1.54) is 19.3 Å². The van der Waals surface area contributed by atoms with Crippen molar-refractivity contribution < 1.29 is 4.74 Å². The summed E-state index contributed by atoms with van der Waals surface area (Å²) >= 11 is 4.90. The van der Waals surface area contributed by atoms with Gasteiger partial charge in [-0.1, -0.05) is 51.4 Å². The van der Waals surface area contributed by atoms with E-state index < -0.39 is 0 Å². The first-order valence-corrected chi connectivity index (χ1v) is 6.97. The number of ether oxygens (including phenoxy) is 1. The van der Waals surface area contributed by atoms with Crippen molar-refractivity contribution in [2.75, 3.05) is 6.61 Å². The maximum atomic E-state index is 5.72. The molecule has 2 N–H and O–H groups in total. The summed E-state index contributed by atoms with van der Waals surface area (Å²) in [5.74, 6) is 1.20. The van der Waals surface area contributed by atoms with Gasteiger partial charge in [0.25, 0.3) is 0 Å². The topological polar surface area (TPSA) is 48.1 Å². The lowest BCUT2D eigenvalue weighted by atomic mass is 10.0. The average Bonchev–Trinajstić information content (AvgIpc) is 2.39. The maximum absolute atomic E-state index is 5.72. The highest BCUT2D eigenvalue weighted by atomic mass is 32.1. The largest absolute Gasteiger partial charge is 0.477 e. The van der Waals surface area contributed by atoms with E-state index in [4.69, 9.17) is 22.7 Å². The van der Waals surface area contributed by atoms with Gasteiger partial charge in [0.2, 0.25) is 5.88 Å². The number of rotatable bonds is 8. The minimum absolute atomic E-state index is 0.304. The third-order valence-corrected chi connectivity index (χ3v) is 3.20. The Hall–Kier alpha value is -1.16. The lowest BCUT2D eigenvalue weighted by Gasteiger charge is -2.15. The summed E-state index contributed by atoms with van der Waals surface area (Å²) < 4.78 is 5.72. The molecule has 1 aromatic rings. The molecule has 0 aromatic carbocycles. The van der Waals surface area contributed by atoms with Crippen LogP contribution < -0.4 is 10.5 Å². The minimum Gasteiger partial charge on any atom is -0.477 e. The molecule has 0 amide bonds. The molecule has 0 spiro atoms. The molecule has 0 saturated heterocycles. The van der Waals surface area contributed by atoms with E-state index in [-0.39, 0.29) is 0 Å². The fraction of sp³-hybridized carbons (Fsp3) is 0.571. The van der Waals surface area contributed by atoms with Gasteiger partial charge in [-0.25, -0.2) is 4.98 Å². The van der Waals surface area contributed by atoms with Crippen molar-refractivity contribution >= 4 is 17.2 Å². The molecule has 3 nitrogen and oxygen atoms in total. The van der Waals surface area contributed by atoms with Crippen molar-refractivity contribution in [2.24, 2.45) is 11.7 Å². The van der Waals surface area contributed by atoms with Crippen LogP contribution in [0.15, 0.2) is 18.2 Å². The Bertz CT molecular complexity index is 382.